The van der Waals surface area contributed by atoms with Crippen LogP contribution in [-0.4, -0.2) is 28.4 Å². The lowest BCUT2D eigenvalue weighted by Gasteiger charge is -2.29. The van der Waals surface area contributed by atoms with Crippen molar-refractivity contribution in [1.82, 2.24) is 14.9 Å². The smallest absolute Gasteiger partial charge is 0.174 e. The molecule has 0 amide bonds. The number of rotatable bonds is 7. The van der Waals surface area contributed by atoms with E-state index >= 15 is 0 Å². The SMILES string of the molecule is CCOc1ccc(-n2cccc2[C@H]2[C@H](c3ccccn3)NC(=S)N2c2cccc(OC)c2)cc1. The summed E-state index contributed by atoms with van der Waals surface area (Å²) in [6, 6.07) is 26.0. The summed E-state index contributed by atoms with van der Waals surface area (Å²) < 4.78 is 13.3. The van der Waals surface area contributed by atoms with Gasteiger partial charge in [-0.2, -0.15) is 0 Å². The van der Waals surface area contributed by atoms with Crippen molar-refractivity contribution in [1.29, 1.82) is 0 Å². The largest absolute Gasteiger partial charge is 0.497 e. The van der Waals surface area contributed by atoms with E-state index < -0.39 is 0 Å². The molecule has 0 spiro atoms. The third-order valence-electron chi connectivity index (χ3n) is 5.94. The van der Waals surface area contributed by atoms with Gasteiger partial charge in [0.2, 0.25) is 0 Å². The first-order valence-corrected chi connectivity index (χ1v) is 11.7. The number of pyridine rings is 1. The molecule has 1 aliphatic heterocycles. The Morgan fingerprint density at radius 3 is 2.53 bits per heavy atom. The highest BCUT2D eigenvalue weighted by atomic mass is 32.1. The Hall–Kier alpha value is -3.84. The number of thiocarbonyl (C=S) groups is 1. The zero-order valence-electron chi connectivity index (χ0n) is 19.1. The molecule has 3 heterocycles. The van der Waals surface area contributed by atoms with E-state index in [-0.39, 0.29) is 12.1 Å². The van der Waals surface area contributed by atoms with Crippen molar-refractivity contribution in [2.45, 2.75) is 19.0 Å². The van der Waals surface area contributed by atoms with Crippen LogP contribution in [-0.2, 0) is 0 Å². The van der Waals surface area contributed by atoms with Gasteiger partial charge in [0.15, 0.2) is 5.11 Å². The first-order chi connectivity index (χ1) is 16.7. The van der Waals surface area contributed by atoms with Crippen LogP contribution in [0, 0.1) is 0 Å². The monoisotopic (exact) mass is 470 g/mol. The van der Waals surface area contributed by atoms with Crippen molar-refractivity contribution in [3.63, 3.8) is 0 Å². The van der Waals surface area contributed by atoms with E-state index in [1.54, 1.807) is 7.11 Å². The summed E-state index contributed by atoms with van der Waals surface area (Å²) in [5.74, 6) is 1.63. The van der Waals surface area contributed by atoms with Crippen LogP contribution < -0.4 is 19.7 Å². The molecule has 172 valence electrons. The van der Waals surface area contributed by atoms with Crippen molar-refractivity contribution >= 4 is 23.0 Å². The second-order valence-electron chi connectivity index (χ2n) is 7.93. The Morgan fingerprint density at radius 1 is 0.941 bits per heavy atom. The number of nitrogens with zero attached hydrogens (tertiary/aromatic N) is 3. The van der Waals surface area contributed by atoms with Gasteiger partial charge in [-0.15, -0.1) is 0 Å². The van der Waals surface area contributed by atoms with Crippen LogP contribution in [0.1, 0.15) is 30.4 Å². The van der Waals surface area contributed by atoms with E-state index in [4.69, 9.17) is 21.7 Å². The number of methoxy groups -OCH3 is 1. The molecule has 4 aromatic rings. The number of ether oxygens (including phenoxy) is 2. The number of aromatic nitrogens is 2. The standard InChI is InChI=1S/C27H26N4O2S/c1-3-33-21-14-12-19(13-15-21)30-17-7-11-24(30)26-25(23-10-4-5-16-28-23)29-27(34)31(26)20-8-6-9-22(18-20)32-2/h4-18,25-26H,3H2,1-2H3,(H,29,34)/t25-,26-/m0/s1. The number of hydrogen-bond acceptors (Lipinski definition) is 4. The molecule has 1 fully saturated rings. The van der Waals surface area contributed by atoms with Gasteiger partial charge in [0.1, 0.15) is 17.5 Å². The second kappa shape index (κ2) is 9.57. The minimum atomic E-state index is -0.129. The first-order valence-electron chi connectivity index (χ1n) is 11.2. The topological polar surface area (TPSA) is 51.5 Å². The number of anilines is 1. The molecule has 7 heteroatoms. The lowest BCUT2D eigenvalue weighted by Crippen LogP contribution is -2.30. The third kappa shape index (κ3) is 4.10. The Morgan fingerprint density at radius 2 is 1.79 bits per heavy atom. The fourth-order valence-electron chi connectivity index (χ4n) is 4.43. The average Bonchev–Trinajstić information content (AvgIpc) is 3.49. The maximum atomic E-state index is 5.86. The summed E-state index contributed by atoms with van der Waals surface area (Å²) in [5.41, 5.74) is 4.03. The number of hydrogen-bond donors (Lipinski definition) is 1. The lowest BCUT2D eigenvalue weighted by molar-refractivity contribution is 0.340. The van der Waals surface area contributed by atoms with Gasteiger partial charge in [-0.25, -0.2) is 0 Å². The summed E-state index contributed by atoms with van der Waals surface area (Å²) in [6.07, 6.45) is 3.89. The normalized spacial score (nSPS) is 17.5. The van der Waals surface area contributed by atoms with Crippen LogP contribution in [0.3, 0.4) is 0 Å². The minimum absolute atomic E-state index is 0.128. The summed E-state index contributed by atoms with van der Waals surface area (Å²) in [7, 11) is 1.67. The average molecular weight is 471 g/mol. The Kier molecular flexibility index (Phi) is 6.18. The predicted octanol–water partition coefficient (Wildman–Crippen LogP) is 5.46. The fourth-order valence-corrected chi connectivity index (χ4v) is 4.78. The van der Waals surface area contributed by atoms with Crippen molar-refractivity contribution in [2.24, 2.45) is 0 Å². The van der Waals surface area contributed by atoms with E-state index in [1.165, 1.54) is 0 Å². The van der Waals surface area contributed by atoms with Gasteiger partial charge in [-0.3, -0.25) is 4.98 Å². The third-order valence-corrected chi connectivity index (χ3v) is 6.25. The fraction of sp³-hybridized carbons (Fsp3) is 0.185. The van der Waals surface area contributed by atoms with Gasteiger partial charge >= 0.3 is 0 Å². The highest BCUT2D eigenvalue weighted by Gasteiger charge is 2.42. The maximum Gasteiger partial charge on any atom is 0.174 e. The Balaban J connectivity index is 1.62. The number of benzene rings is 2. The van der Waals surface area contributed by atoms with E-state index in [9.17, 15) is 0 Å². The highest BCUT2D eigenvalue weighted by Crippen LogP contribution is 2.42. The van der Waals surface area contributed by atoms with E-state index in [1.807, 2.05) is 61.7 Å². The summed E-state index contributed by atoms with van der Waals surface area (Å²) in [6.45, 7) is 2.62. The quantitative estimate of drug-likeness (QED) is 0.362. The molecule has 6 nitrogen and oxygen atoms in total. The van der Waals surface area contributed by atoms with Crippen LogP contribution in [0.4, 0.5) is 5.69 Å². The van der Waals surface area contributed by atoms with Crippen LogP contribution in [0.2, 0.25) is 0 Å². The van der Waals surface area contributed by atoms with E-state index in [0.717, 1.165) is 34.3 Å². The summed E-state index contributed by atoms with van der Waals surface area (Å²) in [4.78, 5) is 6.80. The number of nitrogens with one attached hydrogen (secondary N) is 1. The van der Waals surface area contributed by atoms with Crippen molar-refractivity contribution in [2.75, 3.05) is 18.6 Å². The second-order valence-corrected chi connectivity index (χ2v) is 8.31. The molecule has 2 aromatic carbocycles. The molecule has 0 saturated carbocycles. The molecule has 0 aliphatic carbocycles. The molecule has 2 atom stereocenters. The molecule has 1 aliphatic rings. The van der Waals surface area contributed by atoms with Gasteiger partial charge < -0.3 is 24.3 Å². The van der Waals surface area contributed by atoms with Crippen molar-refractivity contribution in [3.8, 4) is 17.2 Å². The molecule has 0 radical (unpaired) electrons. The first kappa shape index (κ1) is 22.0. The van der Waals surface area contributed by atoms with E-state index in [0.29, 0.717) is 11.7 Å². The molecule has 1 saturated heterocycles. The molecule has 0 bridgehead atoms. The zero-order chi connectivity index (χ0) is 23.5. The zero-order valence-corrected chi connectivity index (χ0v) is 19.9. The highest BCUT2D eigenvalue weighted by molar-refractivity contribution is 7.80. The molecule has 1 N–H and O–H groups in total. The van der Waals surface area contributed by atoms with Crippen molar-refractivity contribution in [3.05, 3.63) is 103 Å². The Bertz CT molecular complexity index is 1270. The minimum Gasteiger partial charge on any atom is -0.497 e. The van der Waals surface area contributed by atoms with Gasteiger partial charge in [0.25, 0.3) is 0 Å². The van der Waals surface area contributed by atoms with Crippen LogP contribution in [0.25, 0.3) is 5.69 Å². The molecule has 5 rings (SSSR count). The van der Waals surface area contributed by atoms with Crippen LogP contribution in [0.15, 0.2) is 91.3 Å². The van der Waals surface area contributed by atoms with Gasteiger partial charge in [0, 0.05) is 35.5 Å². The van der Waals surface area contributed by atoms with Gasteiger partial charge in [-0.1, -0.05) is 12.1 Å². The molecular formula is C27H26N4O2S. The van der Waals surface area contributed by atoms with Crippen molar-refractivity contribution < 1.29 is 9.47 Å². The molecule has 0 unspecified atom stereocenters. The van der Waals surface area contributed by atoms with E-state index in [2.05, 4.69) is 56.3 Å². The molecular weight excluding hydrogens is 444 g/mol. The lowest BCUT2D eigenvalue weighted by atomic mass is 10.0. The Labute approximate surface area is 204 Å². The van der Waals surface area contributed by atoms with Crippen LogP contribution in [0.5, 0.6) is 11.5 Å². The van der Waals surface area contributed by atoms with Gasteiger partial charge in [-0.05, 0) is 79.8 Å². The maximum absolute atomic E-state index is 5.86. The summed E-state index contributed by atoms with van der Waals surface area (Å²) >= 11 is 5.86. The molecule has 34 heavy (non-hydrogen) atoms. The predicted molar refractivity (Wildman–Crippen MR) is 138 cm³/mol. The molecule has 2 aromatic heterocycles. The van der Waals surface area contributed by atoms with Gasteiger partial charge in [0.05, 0.1) is 25.5 Å². The summed E-state index contributed by atoms with van der Waals surface area (Å²) in [5, 5.41) is 4.17. The van der Waals surface area contributed by atoms with Crippen LogP contribution >= 0.6 is 12.2 Å².